The van der Waals surface area contributed by atoms with Crippen molar-refractivity contribution in [1.82, 2.24) is 9.13 Å². The van der Waals surface area contributed by atoms with Gasteiger partial charge in [0.05, 0.1) is 32.5 Å². The fourth-order valence-corrected chi connectivity index (χ4v) is 13.6. The SMILES string of the molecule is c1ccc(N(c2ccc(-c3ccc4c(c3)c3cc(-c5ccc(-n6c7ccccc7c7ccccc76)cc5)ccc3n4-c3ccc4c5ccccc5c5ccccc5c4c3)cc2)c2cccc3c2sc2ccccc23)cc1. The molecule has 3 heterocycles. The highest BCUT2D eigenvalue weighted by atomic mass is 32.1. The quantitative estimate of drug-likeness (QED) is 0.145. The Bertz CT molecular complexity index is 4890. The van der Waals surface area contributed by atoms with E-state index in [9.17, 15) is 0 Å². The normalized spacial score (nSPS) is 11.9. The van der Waals surface area contributed by atoms with Crippen LogP contribution >= 0.6 is 11.3 Å². The molecule has 0 aliphatic carbocycles. The van der Waals surface area contributed by atoms with Gasteiger partial charge in [-0.05, 0) is 152 Å². The molecule has 354 valence electrons. The lowest BCUT2D eigenvalue weighted by atomic mass is 9.94. The maximum absolute atomic E-state index is 2.47. The van der Waals surface area contributed by atoms with Crippen LogP contribution < -0.4 is 4.90 Å². The molecule has 16 aromatic rings. The molecule has 0 unspecified atom stereocenters. The number of para-hydroxylation sites is 3. The molecular formula is C72H45N3S. The lowest BCUT2D eigenvalue weighted by Gasteiger charge is -2.26. The predicted octanol–water partition coefficient (Wildman–Crippen LogP) is 20.5. The van der Waals surface area contributed by atoms with Crippen LogP contribution in [0, 0.1) is 0 Å². The summed E-state index contributed by atoms with van der Waals surface area (Å²) in [7, 11) is 0. The van der Waals surface area contributed by atoms with Gasteiger partial charge in [-0.25, -0.2) is 0 Å². The van der Waals surface area contributed by atoms with Crippen molar-refractivity contribution in [2.24, 2.45) is 0 Å². The van der Waals surface area contributed by atoms with Crippen molar-refractivity contribution in [1.29, 1.82) is 0 Å². The van der Waals surface area contributed by atoms with E-state index in [0.29, 0.717) is 0 Å². The van der Waals surface area contributed by atoms with Crippen LogP contribution in [0.4, 0.5) is 17.1 Å². The Kier molecular flexibility index (Phi) is 9.51. The van der Waals surface area contributed by atoms with Crippen molar-refractivity contribution in [3.05, 3.63) is 273 Å². The molecule has 0 saturated carbocycles. The minimum Gasteiger partial charge on any atom is -0.309 e. The Balaban J connectivity index is 0.851. The molecule has 0 atom stereocenters. The van der Waals surface area contributed by atoms with E-state index in [-0.39, 0.29) is 0 Å². The topological polar surface area (TPSA) is 13.1 Å². The molecule has 0 fully saturated rings. The van der Waals surface area contributed by atoms with Gasteiger partial charge in [0, 0.05) is 59.8 Å². The van der Waals surface area contributed by atoms with Crippen molar-refractivity contribution in [3.63, 3.8) is 0 Å². The Labute approximate surface area is 442 Å². The number of hydrogen-bond donors (Lipinski definition) is 0. The van der Waals surface area contributed by atoms with Crippen molar-refractivity contribution >= 4 is 125 Å². The summed E-state index contributed by atoms with van der Waals surface area (Å²) >= 11 is 1.86. The third-order valence-corrected chi connectivity index (χ3v) is 17.1. The van der Waals surface area contributed by atoms with Crippen LogP contribution in [0.3, 0.4) is 0 Å². The molecule has 4 heteroatoms. The number of hydrogen-bond acceptors (Lipinski definition) is 2. The third kappa shape index (κ3) is 6.54. The molecule has 0 saturated heterocycles. The molecule has 13 aromatic carbocycles. The van der Waals surface area contributed by atoms with Crippen LogP contribution in [0.2, 0.25) is 0 Å². The predicted molar refractivity (Wildman–Crippen MR) is 326 cm³/mol. The highest BCUT2D eigenvalue weighted by molar-refractivity contribution is 7.26. The Morgan fingerprint density at radius 2 is 0.684 bits per heavy atom. The number of benzene rings is 13. The second kappa shape index (κ2) is 16.9. The van der Waals surface area contributed by atoms with Gasteiger partial charge in [0.2, 0.25) is 0 Å². The fourth-order valence-electron chi connectivity index (χ4n) is 12.4. The standard InChI is InChI=1S/C72H45N3S/c1-2-15-50(16-3-1)73(70-27-14-24-62-61-23-10-13-28-71(61)76-72(62)70)51-35-29-46(30-36-51)48-33-41-68-64(43-48)65-44-49(47-31-37-52(38-32-47)74-66-25-11-8-21-59(66)60-22-9-12-26-67(60)74)34-42-69(65)75(68)53-39-40-58-56-19-5-4-17-54(56)55-18-6-7-20-57(55)63(58)45-53/h1-45H. The fraction of sp³-hybridized carbons (Fsp3) is 0. The molecule has 0 aliphatic heterocycles. The van der Waals surface area contributed by atoms with Gasteiger partial charge in [0.15, 0.2) is 0 Å². The number of aromatic nitrogens is 2. The van der Waals surface area contributed by atoms with Crippen LogP contribution in [0.1, 0.15) is 0 Å². The van der Waals surface area contributed by atoms with E-state index in [0.717, 1.165) is 22.7 Å². The zero-order valence-corrected chi connectivity index (χ0v) is 42.0. The molecule has 0 radical (unpaired) electrons. The summed E-state index contributed by atoms with van der Waals surface area (Å²) in [6.45, 7) is 0. The summed E-state index contributed by atoms with van der Waals surface area (Å²) in [5, 5.41) is 15.2. The number of fused-ring (bicyclic) bond motifs is 15. The van der Waals surface area contributed by atoms with Gasteiger partial charge in [-0.2, -0.15) is 0 Å². The smallest absolute Gasteiger partial charge is 0.0640 e. The monoisotopic (exact) mass is 983 g/mol. The number of anilines is 3. The first kappa shape index (κ1) is 42.7. The van der Waals surface area contributed by atoms with Gasteiger partial charge < -0.3 is 14.0 Å². The average Bonchev–Trinajstić information content (AvgIpc) is 4.24. The van der Waals surface area contributed by atoms with E-state index in [1.54, 1.807) is 0 Å². The van der Waals surface area contributed by atoms with Gasteiger partial charge in [-0.3, -0.25) is 0 Å². The molecule has 76 heavy (non-hydrogen) atoms. The lowest BCUT2D eigenvalue weighted by Crippen LogP contribution is -2.09. The maximum Gasteiger partial charge on any atom is 0.0640 e. The summed E-state index contributed by atoms with van der Waals surface area (Å²) in [6, 6.07) is 101. The van der Waals surface area contributed by atoms with Gasteiger partial charge in [-0.1, -0.05) is 176 Å². The summed E-state index contributed by atoms with van der Waals surface area (Å²) in [4.78, 5) is 2.41. The van der Waals surface area contributed by atoms with E-state index in [2.05, 4.69) is 287 Å². The molecule has 0 amide bonds. The van der Waals surface area contributed by atoms with E-state index in [1.807, 2.05) is 11.3 Å². The zero-order valence-electron chi connectivity index (χ0n) is 41.2. The van der Waals surface area contributed by atoms with Crippen LogP contribution in [-0.2, 0) is 0 Å². The molecule has 0 aliphatic rings. The second-order valence-electron chi connectivity index (χ2n) is 20.0. The summed E-state index contributed by atoms with van der Waals surface area (Å²) < 4.78 is 7.45. The summed E-state index contributed by atoms with van der Waals surface area (Å²) in [5.41, 5.74) is 15.2. The first-order chi connectivity index (χ1) is 37.7. The van der Waals surface area contributed by atoms with Crippen LogP contribution in [0.5, 0.6) is 0 Å². The van der Waals surface area contributed by atoms with Crippen LogP contribution in [0.25, 0.3) is 130 Å². The van der Waals surface area contributed by atoms with Crippen molar-refractivity contribution in [2.45, 2.75) is 0 Å². The van der Waals surface area contributed by atoms with E-state index in [4.69, 9.17) is 0 Å². The van der Waals surface area contributed by atoms with Gasteiger partial charge in [0.1, 0.15) is 0 Å². The van der Waals surface area contributed by atoms with Gasteiger partial charge in [-0.15, -0.1) is 11.3 Å². The largest absolute Gasteiger partial charge is 0.309 e. The van der Waals surface area contributed by atoms with E-state index >= 15 is 0 Å². The zero-order chi connectivity index (χ0) is 49.8. The molecule has 3 aromatic heterocycles. The van der Waals surface area contributed by atoms with Gasteiger partial charge in [0.25, 0.3) is 0 Å². The van der Waals surface area contributed by atoms with E-state index in [1.165, 1.54) is 124 Å². The summed E-state index contributed by atoms with van der Waals surface area (Å²) in [6.07, 6.45) is 0. The molecule has 16 rings (SSSR count). The molecular weight excluding hydrogens is 939 g/mol. The van der Waals surface area contributed by atoms with Crippen molar-refractivity contribution < 1.29 is 0 Å². The number of nitrogens with zero attached hydrogens (tertiary/aromatic N) is 3. The molecule has 0 bridgehead atoms. The van der Waals surface area contributed by atoms with E-state index < -0.39 is 0 Å². The van der Waals surface area contributed by atoms with Crippen LogP contribution in [0.15, 0.2) is 273 Å². The van der Waals surface area contributed by atoms with Crippen molar-refractivity contribution in [3.8, 4) is 33.6 Å². The lowest BCUT2D eigenvalue weighted by molar-refractivity contribution is 1.18. The molecule has 0 N–H and O–H groups in total. The number of rotatable bonds is 7. The Hall–Kier alpha value is -9.74. The van der Waals surface area contributed by atoms with Crippen LogP contribution in [-0.4, -0.2) is 9.13 Å². The Morgan fingerprint density at radius 1 is 0.250 bits per heavy atom. The maximum atomic E-state index is 2.47. The number of thiophene rings is 1. The highest BCUT2D eigenvalue weighted by Crippen LogP contribution is 2.46. The first-order valence-electron chi connectivity index (χ1n) is 26.1. The highest BCUT2D eigenvalue weighted by Gasteiger charge is 2.21. The molecule has 3 nitrogen and oxygen atoms in total. The third-order valence-electron chi connectivity index (χ3n) is 15.9. The Morgan fingerprint density at radius 3 is 1.30 bits per heavy atom. The minimum absolute atomic E-state index is 1.11. The summed E-state index contributed by atoms with van der Waals surface area (Å²) in [5.74, 6) is 0. The first-order valence-corrected chi connectivity index (χ1v) is 26.9. The second-order valence-corrected chi connectivity index (χ2v) is 21.1. The minimum atomic E-state index is 1.11. The van der Waals surface area contributed by atoms with Crippen molar-refractivity contribution in [2.75, 3.05) is 4.90 Å². The molecule has 0 spiro atoms. The van der Waals surface area contributed by atoms with Gasteiger partial charge >= 0.3 is 0 Å². The average molecular weight is 984 g/mol.